The van der Waals surface area contributed by atoms with Crippen molar-refractivity contribution < 1.29 is 4.92 Å². The maximum absolute atomic E-state index is 10.3. The molecule has 1 radical (unpaired) electrons. The van der Waals surface area contributed by atoms with Gasteiger partial charge in [0.25, 0.3) is 5.69 Å². The lowest BCUT2D eigenvalue weighted by molar-refractivity contribution is -0.385. The van der Waals surface area contributed by atoms with Crippen LogP contribution < -0.4 is 0 Å². The summed E-state index contributed by atoms with van der Waals surface area (Å²) in [4.78, 5) is 9.82. The average molecular weight is 215 g/mol. The van der Waals surface area contributed by atoms with E-state index in [0.717, 1.165) is 0 Å². The van der Waals surface area contributed by atoms with Gasteiger partial charge in [-0.2, -0.15) is 0 Å². The van der Waals surface area contributed by atoms with E-state index in [1.165, 1.54) is 12.1 Å². The van der Waals surface area contributed by atoms with Crippen molar-refractivity contribution in [3.8, 4) is 0 Å². The number of hydrogen-bond acceptors (Lipinski definition) is 2. The molecule has 11 heavy (non-hydrogen) atoms. The summed E-state index contributed by atoms with van der Waals surface area (Å²) in [7, 11) is 0. The molecule has 0 saturated heterocycles. The Balaban J connectivity index is 3.19. The van der Waals surface area contributed by atoms with Crippen LogP contribution in [0.2, 0.25) is 0 Å². The molecular formula is C7H5BrNO2. The van der Waals surface area contributed by atoms with Gasteiger partial charge >= 0.3 is 0 Å². The molecule has 0 aromatic heterocycles. The first-order valence-corrected chi connectivity index (χ1v) is 3.66. The summed E-state index contributed by atoms with van der Waals surface area (Å²) in [5.74, 6) is 0. The second-order valence-electron chi connectivity index (χ2n) is 2.07. The van der Waals surface area contributed by atoms with Crippen molar-refractivity contribution in [2.24, 2.45) is 0 Å². The molecule has 0 bridgehead atoms. The lowest BCUT2D eigenvalue weighted by atomic mass is 10.2. The molecule has 1 aromatic rings. The van der Waals surface area contributed by atoms with Crippen molar-refractivity contribution in [3.05, 3.63) is 45.3 Å². The molecule has 0 spiro atoms. The summed E-state index contributed by atoms with van der Waals surface area (Å²) in [6.07, 6.45) is 0. The third kappa shape index (κ3) is 2.01. The first kappa shape index (κ1) is 8.20. The molecule has 0 aliphatic carbocycles. The first-order valence-electron chi connectivity index (χ1n) is 2.86. The molecule has 3 nitrogen and oxygen atoms in total. The van der Waals surface area contributed by atoms with Crippen LogP contribution in [0.3, 0.4) is 0 Å². The minimum atomic E-state index is -0.445. The SMILES string of the molecule is [CH2]c1cc(Br)cc([N+](=O)[O-])c1. The third-order valence-electron chi connectivity index (χ3n) is 1.15. The van der Waals surface area contributed by atoms with Crippen molar-refractivity contribution in [2.75, 3.05) is 0 Å². The molecule has 0 unspecified atom stereocenters. The van der Waals surface area contributed by atoms with Crippen molar-refractivity contribution in [2.45, 2.75) is 0 Å². The average Bonchev–Trinajstić information content (AvgIpc) is 1.85. The zero-order chi connectivity index (χ0) is 8.43. The molecule has 57 valence electrons. The highest BCUT2D eigenvalue weighted by atomic mass is 79.9. The number of nitrogens with zero attached hydrogens (tertiary/aromatic N) is 1. The summed E-state index contributed by atoms with van der Waals surface area (Å²) in [6, 6.07) is 4.58. The Morgan fingerprint density at radius 3 is 2.55 bits per heavy atom. The highest BCUT2D eigenvalue weighted by molar-refractivity contribution is 9.10. The number of hydrogen-bond donors (Lipinski definition) is 0. The summed E-state index contributed by atoms with van der Waals surface area (Å²) in [5, 5.41) is 10.3. The smallest absolute Gasteiger partial charge is 0.258 e. The molecule has 0 aliphatic rings. The van der Waals surface area contributed by atoms with Crippen molar-refractivity contribution in [1.82, 2.24) is 0 Å². The van der Waals surface area contributed by atoms with Gasteiger partial charge in [0.05, 0.1) is 4.92 Å². The van der Waals surface area contributed by atoms with Crippen LogP contribution in [0, 0.1) is 17.0 Å². The Labute approximate surface area is 72.3 Å². The number of benzene rings is 1. The van der Waals surface area contributed by atoms with E-state index in [4.69, 9.17) is 0 Å². The Hall–Kier alpha value is -0.900. The van der Waals surface area contributed by atoms with Gasteiger partial charge in [-0.3, -0.25) is 10.1 Å². The molecular weight excluding hydrogens is 210 g/mol. The van der Waals surface area contributed by atoms with Crippen LogP contribution in [0.5, 0.6) is 0 Å². The van der Waals surface area contributed by atoms with Gasteiger partial charge < -0.3 is 0 Å². The number of non-ortho nitro benzene ring substituents is 1. The van der Waals surface area contributed by atoms with E-state index >= 15 is 0 Å². The van der Waals surface area contributed by atoms with Gasteiger partial charge in [0, 0.05) is 16.6 Å². The fraction of sp³-hybridized carbons (Fsp3) is 0. The summed E-state index contributed by atoms with van der Waals surface area (Å²) < 4.78 is 0.678. The molecule has 0 amide bonds. The Morgan fingerprint density at radius 2 is 2.09 bits per heavy atom. The fourth-order valence-electron chi connectivity index (χ4n) is 0.739. The minimum Gasteiger partial charge on any atom is -0.258 e. The quantitative estimate of drug-likeness (QED) is 0.533. The number of halogens is 1. The monoisotopic (exact) mass is 214 g/mol. The second-order valence-corrected chi connectivity index (χ2v) is 2.99. The molecule has 0 atom stereocenters. The van der Waals surface area contributed by atoms with Crippen molar-refractivity contribution >= 4 is 21.6 Å². The van der Waals surface area contributed by atoms with Crippen LogP contribution in [0.1, 0.15) is 5.56 Å². The van der Waals surface area contributed by atoms with E-state index in [9.17, 15) is 10.1 Å². The van der Waals surface area contributed by atoms with Gasteiger partial charge in [0.2, 0.25) is 0 Å². The number of nitro groups is 1. The summed E-state index contributed by atoms with van der Waals surface area (Å²) in [5.41, 5.74) is 0.690. The van der Waals surface area contributed by atoms with Crippen molar-refractivity contribution in [3.63, 3.8) is 0 Å². The van der Waals surface area contributed by atoms with Gasteiger partial charge in [-0.05, 0) is 18.6 Å². The normalized spacial score (nSPS) is 9.64. The second kappa shape index (κ2) is 3.00. The van der Waals surface area contributed by atoms with Crippen LogP contribution in [0.4, 0.5) is 5.69 Å². The lowest BCUT2D eigenvalue weighted by Gasteiger charge is -1.94. The molecule has 0 heterocycles. The van der Waals surface area contributed by atoms with Gasteiger partial charge in [0.1, 0.15) is 0 Å². The zero-order valence-electron chi connectivity index (χ0n) is 5.58. The van der Waals surface area contributed by atoms with E-state index in [-0.39, 0.29) is 5.69 Å². The van der Waals surface area contributed by atoms with Crippen molar-refractivity contribution in [1.29, 1.82) is 0 Å². The largest absolute Gasteiger partial charge is 0.270 e. The minimum absolute atomic E-state index is 0.0596. The Bertz CT molecular complexity index is 278. The lowest BCUT2D eigenvalue weighted by Crippen LogP contribution is -1.87. The van der Waals surface area contributed by atoms with Gasteiger partial charge in [-0.15, -0.1) is 0 Å². The van der Waals surface area contributed by atoms with Gasteiger partial charge in [0.15, 0.2) is 0 Å². The maximum Gasteiger partial charge on any atom is 0.270 e. The van der Waals surface area contributed by atoms with E-state index < -0.39 is 4.92 Å². The van der Waals surface area contributed by atoms with E-state index in [0.29, 0.717) is 10.0 Å². The van der Waals surface area contributed by atoms with Crippen LogP contribution in [0.25, 0.3) is 0 Å². The van der Waals surface area contributed by atoms with E-state index in [1.54, 1.807) is 6.07 Å². The Morgan fingerprint density at radius 1 is 1.45 bits per heavy atom. The Kier molecular flexibility index (Phi) is 2.24. The standard InChI is InChI=1S/C7H5BrNO2/c1-5-2-6(8)4-7(3-5)9(10)11/h2-4H,1H2. The summed E-state index contributed by atoms with van der Waals surface area (Å²) >= 11 is 3.14. The molecule has 0 saturated carbocycles. The zero-order valence-corrected chi connectivity index (χ0v) is 7.17. The highest BCUT2D eigenvalue weighted by Crippen LogP contribution is 2.20. The predicted molar refractivity (Wildman–Crippen MR) is 45.3 cm³/mol. The van der Waals surface area contributed by atoms with Gasteiger partial charge in [-0.1, -0.05) is 15.9 Å². The van der Waals surface area contributed by atoms with Crippen LogP contribution in [0.15, 0.2) is 22.7 Å². The fourth-order valence-corrected chi connectivity index (χ4v) is 1.27. The molecule has 0 N–H and O–H groups in total. The number of rotatable bonds is 1. The summed E-state index contributed by atoms with van der Waals surface area (Å²) in [6.45, 7) is 3.59. The molecule has 1 rings (SSSR count). The van der Waals surface area contributed by atoms with Crippen LogP contribution in [-0.4, -0.2) is 4.92 Å². The molecule has 4 heteroatoms. The molecule has 0 fully saturated rings. The van der Waals surface area contributed by atoms with Gasteiger partial charge in [-0.25, -0.2) is 0 Å². The first-order chi connectivity index (χ1) is 5.09. The predicted octanol–water partition coefficient (Wildman–Crippen LogP) is 2.54. The van der Waals surface area contributed by atoms with E-state index in [1.807, 2.05) is 0 Å². The number of nitro benzene ring substituents is 1. The third-order valence-corrected chi connectivity index (χ3v) is 1.61. The highest BCUT2D eigenvalue weighted by Gasteiger charge is 2.05. The maximum atomic E-state index is 10.3. The van der Waals surface area contributed by atoms with Crippen LogP contribution >= 0.6 is 15.9 Å². The van der Waals surface area contributed by atoms with Crippen LogP contribution in [-0.2, 0) is 0 Å². The molecule has 0 aliphatic heterocycles. The topological polar surface area (TPSA) is 43.1 Å². The van der Waals surface area contributed by atoms with E-state index in [2.05, 4.69) is 22.9 Å². The molecule has 1 aromatic carbocycles.